The van der Waals surface area contributed by atoms with Gasteiger partial charge in [-0.25, -0.2) is 8.42 Å². The fourth-order valence-electron chi connectivity index (χ4n) is 0.837. The van der Waals surface area contributed by atoms with Gasteiger partial charge in [0.25, 0.3) is 0 Å². The third-order valence-corrected chi connectivity index (χ3v) is 2.75. The lowest BCUT2D eigenvalue weighted by Gasteiger charge is -2.27. The molecule has 0 fully saturated rings. The Kier molecular flexibility index (Phi) is 5.33. The molecule has 0 heterocycles. The van der Waals surface area contributed by atoms with Gasteiger partial charge in [0.15, 0.2) is 0 Å². The van der Waals surface area contributed by atoms with E-state index in [9.17, 15) is 22.9 Å². The molecule has 0 bridgehead atoms. The van der Waals surface area contributed by atoms with Gasteiger partial charge in [-0.2, -0.15) is 0 Å². The molecule has 0 saturated heterocycles. The van der Waals surface area contributed by atoms with Crippen LogP contribution >= 0.6 is 0 Å². The van der Waals surface area contributed by atoms with Gasteiger partial charge in [0.05, 0.1) is 22.5 Å². The van der Waals surface area contributed by atoms with Crippen molar-refractivity contribution in [1.29, 1.82) is 0 Å². The van der Waals surface area contributed by atoms with Gasteiger partial charge in [0.2, 0.25) is 5.91 Å². The summed E-state index contributed by atoms with van der Waals surface area (Å²) in [5.41, 5.74) is -1.03. The Morgan fingerprint density at radius 2 is 2.00 bits per heavy atom. The second-order valence-corrected chi connectivity index (χ2v) is 5.63. The summed E-state index contributed by atoms with van der Waals surface area (Å²) in [5.74, 6) is -1.55. The second-order valence-electron chi connectivity index (χ2n) is 4.10. The first-order valence-corrected chi connectivity index (χ1v) is 6.18. The number of amides is 1. The largest absolute Gasteiger partial charge is 0.748 e. The van der Waals surface area contributed by atoms with Gasteiger partial charge in [0, 0.05) is 12.0 Å². The third-order valence-electron chi connectivity index (χ3n) is 2.05. The van der Waals surface area contributed by atoms with Gasteiger partial charge >= 0.3 is 0 Å². The Labute approximate surface area is 94.2 Å². The number of carbonyl (C=O) groups is 1. The van der Waals surface area contributed by atoms with Crippen LogP contribution in [0.25, 0.3) is 0 Å². The van der Waals surface area contributed by atoms with E-state index < -0.39 is 39.9 Å². The zero-order chi connectivity index (χ0) is 13.0. The Balaban J connectivity index is 4.18. The Hall–Kier alpha value is -0.700. The fourth-order valence-corrected chi connectivity index (χ4v) is 1.19. The summed E-state index contributed by atoms with van der Waals surface area (Å²) < 4.78 is 30.7. The zero-order valence-electron chi connectivity index (χ0n) is 9.13. The zero-order valence-corrected chi connectivity index (χ0v) is 9.95. The maximum atomic E-state index is 11.3. The van der Waals surface area contributed by atoms with Crippen molar-refractivity contribution in [1.82, 2.24) is 5.32 Å². The van der Waals surface area contributed by atoms with Crippen LogP contribution < -0.4 is 5.32 Å². The van der Waals surface area contributed by atoms with Gasteiger partial charge in [-0.15, -0.1) is 0 Å². The molecule has 1 atom stereocenters. The fraction of sp³-hybridized carbons (Fsp3) is 0.875. The SMILES string of the molecule is CC(C)(CO)C(O)C(=O)NCCS(=O)(=O)[O-]. The van der Waals surface area contributed by atoms with Crippen molar-refractivity contribution in [2.24, 2.45) is 5.41 Å². The highest BCUT2D eigenvalue weighted by Gasteiger charge is 2.32. The van der Waals surface area contributed by atoms with Crippen molar-refractivity contribution in [2.45, 2.75) is 20.0 Å². The summed E-state index contributed by atoms with van der Waals surface area (Å²) in [7, 11) is -4.38. The van der Waals surface area contributed by atoms with Crippen molar-refractivity contribution in [2.75, 3.05) is 18.9 Å². The van der Waals surface area contributed by atoms with Crippen LogP contribution in [0.3, 0.4) is 0 Å². The summed E-state index contributed by atoms with van der Waals surface area (Å²) in [6, 6.07) is 0. The first kappa shape index (κ1) is 15.3. The van der Waals surface area contributed by atoms with E-state index in [2.05, 4.69) is 5.32 Å². The van der Waals surface area contributed by atoms with Crippen molar-refractivity contribution in [3.63, 3.8) is 0 Å². The molecule has 1 unspecified atom stereocenters. The van der Waals surface area contributed by atoms with Crippen LogP contribution in [0.2, 0.25) is 0 Å². The molecule has 0 saturated carbocycles. The maximum absolute atomic E-state index is 11.3. The highest BCUT2D eigenvalue weighted by atomic mass is 32.2. The Morgan fingerprint density at radius 3 is 2.38 bits per heavy atom. The summed E-state index contributed by atoms with van der Waals surface area (Å²) in [6.07, 6.45) is -1.47. The predicted molar refractivity (Wildman–Crippen MR) is 54.4 cm³/mol. The second kappa shape index (κ2) is 5.58. The number of aliphatic hydroxyl groups is 2. The summed E-state index contributed by atoms with van der Waals surface area (Å²) in [6.45, 7) is 2.19. The van der Waals surface area contributed by atoms with E-state index in [0.29, 0.717) is 0 Å². The standard InChI is InChI=1S/C8H17NO6S/c1-8(2,5-10)6(11)7(12)9-3-4-16(13,14)15/h6,10-11H,3-5H2,1-2H3,(H,9,12)(H,13,14,15)/p-1. The lowest BCUT2D eigenvalue weighted by atomic mass is 9.87. The molecule has 0 aliphatic carbocycles. The number of hydrogen-bond donors (Lipinski definition) is 3. The van der Waals surface area contributed by atoms with E-state index in [0.717, 1.165) is 0 Å². The molecule has 96 valence electrons. The smallest absolute Gasteiger partial charge is 0.249 e. The van der Waals surface area contributed by atoms with Gasteiger partial charge in [-0.3, -0.25) is 4.79 Å². The van der Waals surface area contributed by atoms with Gasteiger partial charge in [-0.05, 0) is 0 Å². The molecule has 0 spiro atoms. The highest BCUT2D eigenvalue weighted by molar-refractivity contribution is 7.85. The predicted octanol–water partition coefficient (Wildman–Crippen LogP) is -1.97. The molecule has 0 aliphatic heterocycles. The number of rotatable bonds is 6. The first-order valence-electron chi connectivity index (χ1n) is 4.60. The minimum Gasteiger partial charge on any atom is -0.748 e. The molecule has 7 nitrogen and oxygen atoms in total. The van der Waals surface area contributed by atoms with Crippen LogP contribution in [-0.4, -0.2) is 54.1 Å². The summed E-state index contributed by atoms with van der Waals surface area (Å²) >= 11 is 0. The Morgan fingerprint density at radius 1 is 1.50 bits per heavy atom. The molecule has 3 N–H and O–H groups in total. The third kappa shape index (κ3) is 5.40. The average Bonchev–Trinajstić information content (AvgIpc) is 2.14. The number of aliphatic hydroxyl groups excluding tert-OH is 2. The molecule has 8 heteroatoms. The highest BCUT2D eigenvalue weighted by Crippen LogP contribution is 2.19. The van der Waals surface area contributed by atoms with Crippen molar-refractivity contribution in [3.05, 3.63) is 0 Å². The minimum absolute atomic E-state index is 0.358. The molecule has 16 heavy (non-hydrogen) atoms. The number of carbonyl (C=O) groups excluding carboxylic acids is 1. The topological polar surface area (TPSA) is 127 Å². The van der Waals surface area contributed by atoms with Crippen LogP contribution in [0, 0.1) is 5.41 Å². The molecule has 0 aromatic heterocycles. The van der Waals surface area contributed by atoms with E-state index in [1.54, 1.807) is 0 Å². The summed E-state index contributed by atoms with van der Waals surface area (Å²) in [5, 5.41) is 20.5. The number of hydrogen-bond acceptors (Lipinski definition) is 6. The van der Waals surface area contributed by atoms with Gasteiger partial charge in [-0.1, -0.05) is 13.8 Å². The van der Waals surface area contributed by atoms with Crippen LogP contribution in [0.1, 0.15) is 13.8 Å². The normalized spacial score (nSPS) is 14.6. The van der Waals surface area contributed by atoms with Crippen LogP contribution in [-0.2, 0) is 14.9 Å². The monoisotopic (exact) mass is 254 g/mol. The first-order chi connectivity index (χ1) is 7.10. The molecule has 0 radical (unpaired) electrons. The number of nitrogens with one attached hydrogen (secondary N) is 1. The molecule has 0 aliphatic rings. The van der Waals surface area contributed by atoms with Gasteiger partial charge in [0.1, 0.15) is 6.10 Å². The van der Waals surface area contributed by atoms with E-state index in [4.69, 9.17) is 5.11 Å². The van der Waals surface area contributed by atoms with Crippen molar-refractivity contribution >= 4 is 16.0 Å². The van der Waals surface area contributed by atoms with Crippen LogP contribution in [0.15, 0.2) is 0 Å². The lowest BCUT2D eigenvalue weighted by molar-refractivity contribution is -0.136. The quantitative estimate of drug-likeness (QED) is 0.472. The maximum Gasteiger partial charge on any atom is 0.249 e. The van der Waals surface area contributed by atoms with Crippen LogP contribution in [0.5, 0.6) is 0 Å². The van der Waals surface area contributed by atoms with E-state index in [-0.39, 0.29) is 6.54 Å². The molecule has 0 aromatic carbocycles. The minimum atomic E-state index is -4.38. The molecular weight excluding hydrogens is 238 g/mol. The average molecular weight is 254 g/mol. The van der Waals surface area contributed by atoms with E-state index in [1.165, 1.54) is 13.8 Å². The van der Waals surface area contributed by atoms with E-state index >= 15 is 0 Å². The lowest BCUT2D eigenvalue weighted by Crippen LogP contribution is -2.46. The van der Waals surface area contributed by atoms with Gasteiger partial charge < -0.3 is 20.1 Å². The Bertz CT molecular complexity index is 336. The van der Waals surface area contributed by atoms with Crippen LogP contribution in [0.4, 0.5) is 0 Å². The van der Waals surface area contributed by atoms with Crippen molar-refractivity contribution < 1.29 is 28.0 Å². The summed E-state index contributed by atoms with van der Waals surface area (Å²) in [4.78, 5) is 11.3. The molecule has 0 aromatic rings. The molecular formula is C8H16NO6S-. The van der Waals surface area contributed by atoms with E-state index in [1.807, 2.05) is 0 Å². The molecule has 1 amide bonds. The van der Waals surface area contributed by atoms with Crippen molar-refractivity contribution in [3.8, 4) is 0 Å². The molecule has 0 rings (SSSR count).